The molecule has 2 unspecified atom stereocenters. The van der Waals surface area contributed by atoms with Gasteiger partial charge in [-0.2, -0.15) is 13.1 Å². The Bertz CT molecular complexity index is 583. The summed E-state index contributed by atoms with van der Waals surface area (Å²) in [6.07, 6.45) is 0. The van der Waals surface area contributed by atoms with Crippen molar-refractivity contribution in [1.29, 1.82) is 0 Å². The Labute approximate surface area is 135 Å². The van der Waals surface area contributed by atoms with E-state index in [4.69, 9.17) is 0 Å². The monoisotopic (exact) mass is 356 g/mol. The van der Waals surface area contributed by atoms with Gasteiger partial charge in [-0.25, -0.2) is 8.42 Å². The minimum atomic E-state index is -3.64. The number of benzene rings is 1. The summed E-state index contributed by atoms with van der Waals surface area (Å²) < 4.78 is 55.0. The van der Waals surface area contributed by atoms with Crippen molar-refractivity contribution in [3.05, 3.63) is 24.3 Å². The number of ether oxygens (including phenoxy) is 1. The van der Waals surface area contributed by atoms with E-state index in [1.165, 1.54) is 28.6 Å². The van der Waals surface area contributed by atoms with Crippen molar-refractivity contribution in [2.45, 2.75) is 37.4 Å². The Morgan fingerprint density at radius 1 is 1.27 bits per heavy atom. The highest BCUT2D eigenvalue weighted by Gasteiger charge is 2.33. The lowest BCUT2D eigenvalue weighted by molar-refractivity contribution is -0.0498. The number of piperazine rings is 1. The molecule has 2 rings (SSSR count). The molecular weight excluding hydrogens is 338 g/mol. The Hall–Kier alpha value is -0.960. The normalized spacial score (nSPS) is 23.1. The van der Waals surface area contributed by atoms with E-state index in [0.29, 0.717) is 13.1 Å². The molecule has 0 spiro atoms. The zero-order valence-corrected chi connectivity index (χ0v) is 13.8. The van der Waals surface area contributed by atoms with Gasteiger partial charge in [-0.1, -0.05) is 0 Å². The minimum absolute atomic E-state index is 0. The van der Waals surface area contributed by atoms with Gasteiger partial charge < -0.3 is 10.1 Å². The number of hydrogen-bond donors (Lipinski definition) is 1. The molecule has 0 radical (unpaired) electrons. The van der Waals surface area contributed by atoms with Crippen LogP contribution >= 0.6 is 12.4 Å². The highest BCUT2D eigenvalue weighted by Crippen LogP contribution is 2.23. The summed E-state index contributed by atoms with van der Waals surface area (Å²) in [5.41, 5.74) is 0. The van der Waals surface area contributed by atoms with Gasteiger partial charge in [0.1, 0.15) is 5.75 Å². The Morgan fingerprint density at radius 2 is 1.86 bits per heavy atom. The largest absolute Gasteiger partial charge is 0.435 e. The van der Waals surface area contributed by atoms with E-state index in [1.54, 1.807) is 0 Å². The molecule has 5 nitrogen and oxygen atoms in total. The molecule has 0 aliphatic carbocycles. The molecular formula is C13H19ClF2N2O3S. The first kappa shape index (κ1) is 19.1. The quantitative estimate of drug-likeness (QED) is 0.897. The maximum atomic E-state index is 12.6. The molecule has 1 aromatic rings. The van der Waals surface area contributed by atoms with E-state index in [2.05, 4.69) is 10.1 Å². The average Bonchev–Trinajstić information content (AvgIpc) is 2.41. The third kappa shape index (κ3) is 4.28. The first-order valence-electron chi connectivity index (χ1n) is 6.61. The average molecular weight is 357 g/mol. The lowest BCUT2D eigenvalue weighted by Gasteiger charge is -2.36. The zero-order chi connectivity index (χ0) is 15.6. The maximum absolute atomic E-state index is 12.6. The highest BCUT2D eigenvalue weighted by atomic mass is 35.5. The van der Waals surface area contributed by atoms with Crippen molar-refractivity contribution in [3.63, 3.8) is 0 Å². The summed E-state index contributed by atoms with van der Waals surface area (Å²) in [6.45, 7) is 1.76. The summed E-state index contributed by atoms with van der Waals surface area (Å²) in [6, 6.07) is 4.93. The first-order valence-corrected chi connectivity index (χ1v) is 8.05. The lowest BCUT2D eigenvalue weighted by Crippen LogP contribution is -2.56. The molecule has 1 aromatic carbocycles. The third-order valence-electron chi connectivity index (χ3n) is 3.36. The molecule has 0 bridgehead atoms. The molecule has 1 fully saturated rings. The Morgan fingerprint density at radius 3 is 2.41 bits per heavy atom. The summed E-state index contributed by atoms with van der Waals surface area (Å²) in [7, 11) is -3.64. The van der Waals surface area contributed by atoms with E-state index >= 15 is 0 Å². The molecule has 22 heavy (non-hydrogen) atoms. The molecule has 1 aliphatic heterocycles. The van der Waals surface area contributed by atoms with Crippen molar-refractivity contribution in [3.8, 4) is 5.75 Å². The lowest BCUT2D eigenvalue weighted by atomic mass is 10.2. The second-order valence-electron chi connectivity index (χ2n) is 5.08. The van der Waals surface area contributed by atoms with Crippen LogP contribution in [0.1, 0.15) is 13.8 Å². The van der Waals surface area contributed by atoms with Gasteiger partial charge in [0, 0.05) is 25.2 Å². The van der Waals surface area contributed by atoms with E-state index in [0.717, 1.165) is 0 Å². The molecule has 0 aromatic heterocycles. The van der Waals surface area contributed by atoms with Crippen molar-refractivity contribution in [1.82, 2.24) is 9.62 Å². The van der Waals surface area contributed by atoms with Crippen LogP contribution in [0, 0.1) is 0 Å². The molecule has 2 atom stereocenters. The van der Waals surface area contributed by atoms with E-state index in [9.17, 15) is 17.2 Å². The summed E-state index contributed by atoms with van der Waals surface area (Å²) in [5.74, 6) is -0.0642. The number of hydrogen-bond acceptors (Lipinski definition) is 4. The van der Waals surface area contributed by atoms with E-state index in [1.807, 2.05) is 13.8 Å². The molecule has 1 aliphatic rings. The van der Waals surface area contributed by atoms with Crippen LogP contribution in [0.15, 0.2) is 29.2 Å². The van der Waals surface area contributed by atoms with E-state index in [-0.39, 0.29) is 35.1 Å². The van der Waals surface area contributed by atoms with Gasteiger partial charge in [0.05, 0.1) is 4.90 Å². The van der Waals surface area contributed by atoms with Gasteiger partial charge in [-0.15, -0.1) is 12.4 Å². The summed E-state index contributed by atoms with van der Waals surface area (Å²) in [4.78, 5) is 0.0741. The van der Waals surface area contributed by atoms with Crippen LogP contribution in [0.3, 0.4) is 0 Å². The summed E-state index contributed by atoms with van der Waals surface area (Å²) in [5, 5.41) is 3.21. The van der Waals surface area contributed by atoms with Gasteiger partial charge in [-0.05, 0) is 38.1 Å². The van der Waals surface area contributed by atoms with Crippen LogP contribution < -0.4 is 10.1 Å². The number of sulfonamides is 1. The molecule has 0 amide bonds. The topological polar surface area (TPSA) is 58.6 Å². The zero-order valence-electron chi connectivity index (χ0n) is 12.2. The highest BCUT2D eigenvalue weighted by molar-refractivity contribution is 7.89. The molecule has 1 heterocycles. The molecule has 0 saturated carbocycles. The van der Waals surface area contributed by atoms with Crippen LogP contribution in [0.25, 0.3) is 0 Å². The fourth-order valence-electron chi connectivity index (χ4n) is 2.25. The van der Waals surface area contributed by atoms with Gasteiger partial charge >= 0.3 is 6.61 Å². The van der Waals surface area contributed by atoms with Gasteiger partial charge in [0.15, 0.2) is 0 Å². The molecule has 9 heteroatoms. The molecule has 126 valence electrons. The number of rotatable bonds is 4. The van der Waals surface area contributed by atoms with Crippen LogP contribution in [0.2, 0.25) is 0 Å². The van der Waals surface area contributed by atoms with Crippen molar-refractivity contribution >= 4 is 22.4 Å². The summed E-state index contributed by atoms with van der Waals surface area (Å²) >= 11 is 0. The SMILES string of the molecule is CC1CN(S(=O)(=O)c2ccc(OC(F)F)cc2)C(C)CN1.Cl. The van der Waals surface area contributed by atoms with E-state index < -0.39 is 16.6 Å². The number of halogens is 3. The van der Waals surface area contributed by atoms with Crippen molar-refractivity contribution < 1.29 is 21.9 Å². The molecule has 1 N–H and O–H groups in total. The number of nitrogens with zero attached hydrogens (tertiary/aromatic N) is 1. The second kappa shape index (κ2) is 7.54. The second-order valence-corrected chi connectivity index (χ2v) is 6.97. The smallest absolute Gasteiger partial charge is 0.387 e. The van der Waals surface area contributed by atoms with Crippen molar-refractivity contribution in [2.24, 2.45) is 0 Å². The van der Waals surface area contributed by atoms with Gasteiger partial charge in [0.25, 0.3) is 0 Å². The van der Waals surface area contributed by atoms with Crippen LogP contribution in [-0.4, -0.2) is 44.5 Å². The third-order valence-corrected chi connectivity index (χ3v) is 5.36. The Balaban J connectivity index is 0.00000242. The fourth-order valence-corrected chi connectivity index (χ4v) is 3.97. The predicted octanol–water partition coefficient (Wildman–Crippen LogP) is 2.08. The number of nitrogens with one attached hydrogen (secondary N) is 1. The van der Waals surface area contributed by atoms with Crippen LogP contribution in [-0.2, 0) is 10.0 Å². The van der Waals surface area contributed by atoms with Gasteiger partial charge in [0.2, 0.25) is 10.0 Å². The maximum Gasteiger partial charge on any atom is 0.387 e. The standard InChI is InChI=1S/C13H18F2N2O3S.ClH/c1-9-8-17(10(2)7-16-9)21(18,19)12-5-3-11(4-6-12)20-13(14)15;/h3-6,9-10,13,16H,7-8H2,1-2H3;1H. The fraction of sp³-hybridized carbons (Fsp3) is 0.538. The van der Waals surface area contributed by atoms with Crippen LogP contribution in [0.5, 0.6) is 5.75 Å². The van der Waals surface area contributed by atoms with Crippen LogP contribution in [0.4, 0.5) is 8.78 Å². The Kier molecular flexibility index (Phi) is 6.54. The van der Waals surface area contributed by atoms with Crippen molar-refractivity contribution in [2.75, 3.05) is 13.1 Å². The number of alkyl halides is 2. The molecule has 1 saturated heterocycles. The minimum Gasteiger partial charge on any atom is -0.435 e. The predicted molar refractivity (Wildman–Crippen MR) is 81.1 cm³/mol. The first-order chi connectivity index (χ1) is 9.80. The van der Waals surface area contributed by atoms with Gasteiger partial charge in [-0.3, -0.25) is 0 Å².